The van der Waals surface area contributed by atoms with Crippen molar-refractivity contribution >= 4 is 17.4 Å². The molecule has 2 aromatic carbocycles. The second kappa shape index (κ2) is 5.27. The molecule has 1 unspecified atom stereocenters. The summed E-state index contributed by atoms with van der Waals surface area (Å²) in [4.78, 5) is 1.27. The topological polar surface area (TPSA) is 32.3 Å². The number of aliphatic hydroxyl groups is 1. The zero-order valence-corrected chi connectivity index (χ0v) is 11.5. The maximum atomic E-state index is 9.98. The predicted octanol–water partition coefficient (Wildman–Crippen LogP) is 3.48. The van der Waals surface area contributed by atoms with Gasteiger partial charge in [-0.3, -0.25) is 0 Å². The summed E-state index contributed by atoms with van der Waals surface area (Å²) in [5.74, 6) is 1.03. The fourth-order valence-corrected chi connectivity index (χ4v) is 3.85. The van der Waals surface area contributed by atoms with E-state index in [0.29, 0.717) is 0 Å². The van der Waals surface area contributed by atoms with Crippen LogP contribution in [0.3, 0.4) is 0 Å². The Morgan fingerprint density at radius 2 is 1.79 bits per heavy atom. The van der Waals surface area contributed by atoms with Gasteiger partial charge in [-0.05, 0) is 30.2 Å². The fourth-order valence-electron chi connectivity index (χ4n) is 2.59. The molecular formula is C16H17NOS. The molecule has 19 heavy (non-hydrogen) atoms. The fraction of sp³-hybridized carbons (Fsp3) is 0.250. The van der Waals surface area contributed by atoms with Gasteiger partial charge in [-0.25, -0.2) is 0 Å². The number of nitrogens with one attached hydrogen (secondary N) is 1. The first-order valence-electron chi connectivity index (χ1n) is 6.50. The molecule has 0 aromatic heterocycles. The predicted molar refractivity (Wildman–Crippen MR) is 80.6 cm³/mol. The molecule has 0 bridgehead atoms. The van der Waals surface area contributed by atoms with Crippen molar-refractivity contribution in [1.82, 2.24) is 0 Å². The van der Waals surface area contributed by atoms with Gasteiger partial charge in [-0.2, -0.15) is 0 Å². The van der Waals surface area contributed by atoms with Crippen molar-refractivity contribution in [2.75, 3.05) is 17.7 Å². The normalized spacial score (nSPS) is 21.7. The van der Waals surface area contributed by atoms with Gasteiger partial charge in [-0.1, -0.05) is 36.4 Å². The summed E-state index contributed by atoms with van der Waals surface area (Å²) in [6.45, 7) is 0.111. The summed E-state index contributed by atoms with van der Waals surface area (Å²) in [6.07, 6.45) is 0.931. The van der Waals surface area contributed by atoms with E-state index < -0.39 is 0 Å². The average molecular weight is 271 g/mol. The van der Waals surface area contributed by atoms with Crippen molar-refractivity contribution in [2.24, 2.45) is 0 Å². The Balaban J connectivity index is 2.00. The van der Waals surface area contributed by atoms with Crippen LogP contribution >= 0.6 is 11.8 Å². The van der Waals surface area contributed by atoms with Crippen molar-refractivity contribution in [1.29, 1.82) is 0 Å². The number of aliphatic hydroxyl groups excluding tert-OH is 1. The van der Waals surface area contributed by atoms with E-state index in [0.717, 1.165) is 17.9 Å². The lowest BCUT2D eigenvalue weighted by atomic mass is 9.87. The largest absolute Gasteiger partial charge is 0.394 e. The maximum Gasteiger partial charge on any atom is 0.0875 e. The van der Waals surface area contributed by atoms with Gasteiger partial charge in [0.25, 0.3) is 0 Å². The first-order valence-corrected chi connectivity index (χ1v) is 7.49. The summed E-state index contributed by atoms with van der Waals surface area (Å²) < 4.78 is 0. The van der Waals surface area contributed by atoms with E-state index in [-0.39, 0.29) is 12.1 Å². The van der Waals surface area contributed by atoms with E-state index in [2.05, 4.69) is 23.5 Å². The van der Waals surface area contributed by atoms with E-state index in [1.807, 2.05) is 48.2 Å². The molecule has 98 valence electrons. The number of hydrogen-bond donors (Lipinski definition) is 2. The minimum absolute atomic E-state index is 0.111. The Morgan fingerprint density at radius 1 is 1.05 bits per heavy atom. The lowest BCUT2D eigenvalue weighted by molar-refractivity contribution is 0.205. The monoisotopic (exact) mass is 271 g/mol. The highest BCUT2D eigenvalue weighted by Gasteiger charge is 2.36. The lowest BCUT2D eigenvalue weighted by Gasteiger charge is -2.39. The zero-order valence-electron chi connectivity index (χ0n) is 10.7. The van der Waals surface area contributed by atoms with Crippen LogP contribution in [0.5, 0.6) is 0 Å². The molecule has 1 atom stereocenters. The molecule has 0 amide bonds. The van der Waals surface area contributed by atoms with Crippen LogP contribution in [-0.2, 0) is 5.54 Å². The number of para-hydroxylation sites is 1. The SMILES string of the molecule is OCC1(Nc2ccccc2)CCSc2ccccc21. The molecule has 1 heterocycles. The van der Waals surface area contributed by atoms with Gasteiger partial charge in [0.1, 0.15) is 0 Å². The van der Waals surface area contributed by atoms with E-state index in [1.165, 1.54) is 10.5 Å². The van der Waals surface area contributed by atoms with Crippen LogP contribution in [0, 0.1) is 0 Å². The van der Waals surface area contributed by atoms with Crippen molar-refractivity contribution < 1.29 is 5.11 Å². The number of fused-ring (bicyclic) bond motifs is 1. The first kappa shape index (κ1) is 12.6. The third-order valence-electron chi connectivity index (χ3n) is 3.62. The number of benzene rings is 2. The van der Waals surface area contributed by atoms with Crippen molar-refractivity contribution in [3.05, 3.63) is 60.2 Å². The molecule has 2 nitrogen and oxygen atoms in total. The van der Waals surface area contributed by atoms with Crippen molar-refractivity contribution in [3.63, 3.8) is 0 Å². The van der Waals surface area contributed by atoms with Gasteiger partial charge in [0.2, 0.25) is 0 Å². The minimum Gasteiger partial charge on any atom is -0.394 e. The molecule has 2 N–H and O–H groups in total. The van der Waals surface area contributed by atoms with Crippen LogP contribution < -0.4 is 5.32 Å². The van der Waals surface area contributed by atoms with Crippen molar-refractivity contribution in [3.8, 4) is 0 Å². The molecule has 0 saturated carbocycles. The third kappa shape index (κ3) is 2.36. The van der Waals surface area contributed by atoms with Gasteiger partial charge >= 0.3 is 0 Å². The van der Waals surface area contributed by atoms with Gasteiger partial charge < -0.3 is 10.4 Å². The van der Waals surface area contributed by atoms with Crippen LogP contribution in [0.4, 0.5) is 5.69 Å². The zero-order chi connectivity index (χ0) is 13.1. The Kier molecular flexibility index (Phi) is 3.49. The second-order valence-corrected chi connectivity index (χ2v) is 5.96. The Hall–Kier alpha value is -1.45. The van der Waals surface area contributed by atoms with E-state index in [4.69, 9.17) is 0 Å². The number of thioether (sulfide) groups is 1. The van der Waals surface area contributed by atoms with Crippen molar-refractivity contribution in [2.45, 2.75) is 16.9 Å². The van der Waals surface area contributed by atoms with E-state index >= 15 is 0 Å². The molecular weight excluding hydrogens is 254 g/mol. The molecule has 0 spiro atoms. The second-order valence-electron chi connectivity index (χ2n) is 4.83. The number of hydrogen-bond acceptors (Lipinski definition) is 3. The Bertz CT molecular complexity index is 558. The number of anilines is 1. The first-order chi connectivity index (χ1) is 9.34. The summed E-state index contributed by atoms with van der Waals surface area (Å²) in [5.41, 5.74) is 1.90. The standard InChI is InChI=1S/C16H17NOS/c18-12-16(17-13-6-2-1-3-7-13)10-11-19-15-9-5-4-8-14(15)16/h1-9,17-18H,10-12H2. The third-order valence-corrected chi connectivity index (χ3v) is 4.69. The average Bonchev–Trinajstić information content (AvgIpc) is 2.49. The summed E-state index contributed by atoms with van der Waals surface area (Å²) in [6, 6.07) is 18.5. The highest BCUT2D eigenvalue weighted by Crippen LogP contribution is 2.41. The van der Waals surface area contributed by atoms with Crippen LogP contribution in [0.25, 0.3) is 0 Å². The summed E-state index contributed by atoms with van der Waals surface area (Å²) >= 11 is 1.87. The molecule has 2 aromatic rings. The van der Waals surface area contributed by atoms with Crippen LogP contribution in [-0.4, -0.2) is 17.5 Å². The molecule has 0 fully saturated rings. The highest BCUT2D eigenvalue weighted by atomic mass is 32.2. The van der Waals surface area contributed by atoms with Gasteiger partial charge in [0.15, 0.2) is 0 Å². The summed E-state index contributed by atoms with van der Waals surface area (Å²) in [5, 5.41) is 13.5. The molecule has 3 rings (SSSR count). The van der Waals surface area contributed by atoms with Gasteiger partial charge in [0.05, 0.1) is 12.1 Å². The van der Waals surface area contributed by atoms with Crippen LogP contribution in [0.15, 0.2) is 59.5 Å². The molecule has 0 aliphatic carbocycles. The lowest BCUT2D eigenvalue weighted by Crippen LogP contribution is -2.42. The molecule has 1 aliphatic heterocycles. The van der Waals surface area contributed by atoms with E-state index in [9.17, 15) is 5.11 Å². The number of rotatable bonds is 3. The highest BCUT2D eigenvalue weighted by molar-refractivity contribution is 7.99. The Labute approximate surface area is 117 Å². The molecule has 3 heteroatoms. The van der Waals surface area contributed by atoms with E-state index in [1.54, 1.807) is 0 Å². The molecule has 0 radical (unpaired) electrons. The van der Waals surface area contributed by atoms with Gasteiger partial charge in [-0.15, -0.1) is 11.8 Å². The van der Waals surface area contributed by atoms with Gasteiger partial charge in [0, 0.05) is 16.3 Å². The quantitative estimate of drug-likeness (QED) is 0.896. The maximum absolute atomic E-state index is 9.98. The molecule has 0 saturated heterocycles. The van der Waals surface area contributed by atoms with Crippen LogP contribution in [0.2, 0.25) is 0 Å². The van der Waals surface area contributed by atoms with Crippen LogP contribution in [0.1, 0.15) is 12.0 Å². The smallest absolute Gasteiger partial charge is 0.0875 e. The summed E-state index contributed by atoms with van der Waals surface area (Å²) in [7, 11) is 0. The Morgan fingerprint density at radius 3 is 2.58 bits per heavy atom. The minimum atomic E-state index is -0.358. The molecule has 1 aliphatic rings.